The standard InChI is InChI=1S/C8H19NO2/c1-7(2)11-6-8(3,4-9)5-10/h7,10H,4-6,9H2,1-3H3/t8-/m1/s1. The molecule has 1 atom stereocenters. The molecule has 3 N–H and O–H groups in total. The maximum absolute atomic E-state index is 8.94. The number of hydrogen-bond acceptors (Lipinski definition) is 3. The number of nitrogens with two attached hydrogens (primary N) is 1. The van der Waals surface area contributed by atoms with Crippen LogP contribution in [0.1, 0.15) is 20.8 Å². The minimum atomic E-state index is -0.274. The van der Waals surface area contributed by atoms with E-state index in [0.717, 1.165) is 0 Å². The zero-order valence-corrected chi connectivity index (χ0v) is 7.63. The summed E-state index contributed by atoms with van der Waals surface area (Å²) in [6.45, 7) is 6.90. The van der Waals surface area contributed by atoms with Crippen molar-refractivity contribution in [2.24, 2.45) is 11.1 Å². The Kier molecular flexibility index (Phi) is 4.65. The summed E-state index contributed by atoms with van der Waals surface area (Å²) >= 11 is 0. The van der Waals surface area contributed by atoms with E-state index < -0.39 is 0 Å². The van der Waals surface area contributed by atoms with E-state index in [1.807, 2.05) is 20.8 Å². The van der Waals surface area contributed by atoms with E-state index in [0.29, 0.717) is 13.2 Å². The molecule has 0 bridgehead atoms. The Morgan fingerprint density at radius 3 is 2.36 bits per heavy atom. The summed E-state index contributed by atoms with van der Waals surface area (Å²) in [6.07, 6.45) is 0.201. The highest BCUT2D eigenvalue weighted by Crippen LogP contribution is 2.13. The highest BCUT2D eigenvalue weighted by molar-refractivity contribution is 4.73. The molecule has 0 saturated carbocycles. The van der Waals surface area contributed by atoms with Crippen molar-refractivity contribution in [2.45, 2.75) is 26.9 Å². The second-order valence-corrected chi connectivity index (χ2v) is 3.53. The van der Waals surface area contributed by atoms with E-state index in [1.54, 1.807) is 0 Å². The molecule has 0 amide bonds. The van der Waals surface area contributed by atoms with E-state index in [4.69, 9.17) is 15.6 Å². The lowest BCUT2D eigenvalue weighted by Gasteiger charge is -2.25. The predicted octanol–water partition coefficient (Wildman–Crippen LogP) is 0.369. The molecule has 3 heteroatoms. The van der Waals surface area contributed by atoms with Crippen LogP contribution in [0.15, 0.2) is 0 Å². The first kappa shape index (κ1) is 10.9. The van der Waals surface area contributed by atoms with Gasteiger partial charge in [-0.2, -0.15) is 0 Å². The average Bonchev–Trinajstić information content (AvgIpc) is 2.00. The van der Waals surface area contributed by atoms with Gasteiger partial charge in [0.1, 0.15) is 0 Å². The zero-order valence-electron chi connectivity index (χ0n) is 7.63. The van der Waals surface area contributed by atoms with Crippen molar-refractivity contribution in [1.82, 2.24) is 0 Å². The molecule has 0 aromatic rings. The fourth-order valence-corrected chi connectivity index (χ4v) is 0.537. The summed E-state index contributed by atoms with van der Waals surface area (Å²) in [5, 5.41) is 8.94. The second kappa shape index (κ2) is 4.70. The van der Waals surface area contributed by atoms with Gasteiger partial charge < -0.3 is 15.6 Å². The van der Waals surface area contributed by atoms with Gasteiger partial charge in [-0.25, -0.2) is 0 Å². The molecule has 0 unspecified atom stereocenters. The van der Waals surface area contributed by atoms with Crippen LogP contribution in [0.3, 0.4) is 0 Å². The van der Waals surface area contributed by atoms with Crippen molar-refractivity contribution in [1.29, 1.82) is 0 Å². The van der Waals surface area contributed by atoms with Crippen LogP contribution in [0, 0.1) is 5.41 Å². The molecule has 0 spiro atoms. The lowest BCUT2D eigenvalue weighted by atomic mass is 9.93. The molecule has 0 radical (unpaired) electrons. The van der Waals surface area contributed by atoms with Crippen molar-refractivity contribution < 1.29 is 9.84 Å². The first-order valence-electron chi connectivity index (χ1n) is 3.96. The lowest BCUT2D eigenvalue weighted by molar-refractivity contribution is -0.00686. The Hall–Kier alpha value is -0.120. The fourth-order valence-electron chi connectivity index (χ4n) is 0.537. The first-order chi connectivity index (χ1) is 5.04. The smallest absolute Gasteiger partial charge is 0.0557 e. The Bertz CT molecular complexity index is 100. The summed E-state index contributed by atoms with van der Waals surface area (Å²) in [4.78, 5) is 0. The van der Waals surface area contributed by atoms with E-state index in [1.165, 1.54) is 0 Å². The summed E-state index contributed by atoms with van der Waals surface area (Å²) < 4.78 is 5.35. The Morgan fingerprint density at radius 2 is 2.09 bits per heavy atom. The molecule has 11 heavy (non-hydrogen) atoms. The van der Waals surface area contributed by atoms with Gasteiger partial charge in [-0.15, -0.1) is 0 Å². The van der Waals surface area contributed by atoms with Gasteiger partial charge in [-0.05, 0) is 13.8 Å². The van der Waals surface area contributed by atoms with Gasteiger partial charge in [0.25, 0.3) is 0 Å². The zero-order chi connectivity index (χ0) is 8.91. The van der Waals surface area contributed by atoms with E-state index >= 15 is 0 Å². The topological polar surface area (TPSA) is 55.5 Å². The quantitative estimate of drug-likeness (QED) is 0.612. The fraction of sp³-hybridized carbons (Fsp3) is 1.00. The Balaban J connectivity index is 3.69. The molecule has 0 aliphatic heterocycles. The molecule has 0 aliphatic rings. The van der Waals surface area contributed by atoms with Gasteiger partial charge in [0.2, 0.25) is 0 Å². The molecule has 0 fully saturated rings. The number of hydrogen-bond donors (Lipinski definition) is 2. The van der Waals surface area contributed by atoms with Crippen LogP contribution in [0.5, 0.6) is 0 Å². The normalized spacial score (nSPS) is 16.9. The molecule has 0 aromatic heterocycles. The van der Waals surface area contributed by atoms with Crippen LogP contribution in [0.25, 0.3) is 0 Å². The van der Waals surface area contributed by atoms with Gasteiger partial charge in [0.15, 0.2) is 0 Å². The van der Waals surface area contributed by atoms with Crippen LogP contribution in [-0.4, -0.2) is 31.0 Å². The van der Waals surface area contributed by atoms with E-state index in [2.05, 4.69) is 0 Å². The van der Waals surface area contributed by atoms with Crippen LogP contribution in [0.2, 0.25) is 0 Å². The van der Waals surface area contributed by atoms with Gasteiger partial charge in [0, 0.05) is 12.0 Å². The molecule has 0 saturated heterocycles. The number of ether oxygens (including phenoxy) is 1. The van der Waals surface area contributed by atoms with Gasteiger partial charge in [0.05, 0.1) is 19.3 Å². The van der Waals surface area contributed by atoms with Crippen LogP contribution < -0.4 is 5.73 Å². The van der Waals surface area contributed by atoms with E-state index in [9.17, 15) is 0 Å². The minimum Gasteiger partial charge on any atom is -0.396 e. The predicted molar refractivity (Wildman–Crippen MR) is 45.3 cm³/mol. The maximum Gasteiger partial charge on any atom is 0.0557 e. The molecule has 0 aromatic carbocycles. The van der Waals surface area contributed by atoms with Gasteiger partial charge in [-0.3, -0.25) is 0 Å². The number of aliphatic hydroxyl groups is 1. The van der Waals surface area contributed by atoms with E-state index in [-0.39, 0.29) is 18.1 Å². The number of rotatable bonds is 5. The van der Waals surface area contributed by atoms with Crippen molar-refractivity contribution >= 4 is 0 Å². The monoisotopic (exact) mass is 161 g/mol. The van der Waals surface area contributed by atoms with Crippen molar-refractivity contribution in [3.05, 3.63) is 0 Å². The van der Waals surface area contributed by atoms with Crippen LogP contribution in [-0.2, 0) is 4.74 Å². The Labute approximate surface area is 68.5 Å². The largest absolute Gasteiger partial charge is 0.396 e. The Morgan fingerprint density at radius 1 is 1.55 bits per heavy atom. The molecule has 0 rings (SSSR count). The first-order valence-corrected chi connectivity index (χ1v) is 3.96. The van der Waals surface area contributed by atoms with Crippen molar-refractivity contribution in [2.75, 3.05) is 19.8 Å². The summed E-state index contributed by atoms with van der Waals surface area (Å²) in [7, 11) is 0. The molecular formula is C8H19NO2. The molecule has 3 nitrogen and oxygen atoms in total. The third-order valence-corrected chi connectivity index (χ3v) is 1.64. The highest BCUT2D eigenvalue weighted by Gasteiger charge is 2.21. The SMILES string of the molecule is CC(C)OC[C@](C)(CN)CO. The molecule has 68 valence electrons. The van der Waals surface area contributed by atoms with Gasteiger partial charge >= 0.3 is 0 Å². The average molecular weight is 161 g/mol. The maximum atomic E-state index is 8.94. The molecule has 0 heterocycles. The second-order valence-electron chi connectivity index (χ2n) is 3.53. The highest BCUT2D eigenvalue weighted by atomic mass is 16.5. The summed E-state index contributed by atoms with van der Waals surface area (Å²) in [5.41, 5.74) is 5.19. The third-order valence-electron chi connectivity index (χ3n) is 1.64. The third kappa shape index (κ3) is 4.35. The summed E-state index contributed by atoms with van der Waals surface area (Å²) in [6, 6.07) is 0. The van der Waals surface area contributed by atoms with Crippen LogP contribution >= 0.6 is 0 Å². The molecular weight excluding hydrogens is 142 g/mol. The van der Waals surface area contributed by atoms with Crippen molar-refractivity contribution in [3.63, 3.8) is 0 Å². The van der Waals surface area contributed by atoms with Crippen molar-refractivity contribution in [3.8, 4) is 0 Å². The lowest BCUT2D eigenvalue weighted by Crippen LogP contribution is -2.36. The van der Waals surface area contributed by atoms with Crippen LogP contribution in [0.4, 0.5) is 0 Å². The minimum absolute atomic E-state index is 0.0796. The molecule has 0 aliphatic carbocycles. The summed E-state index contributed by atoms with van der Waals surface area (Å²) in [5.74, 6) is 0. The number of aliphatic hydroxyl groups excluding tert-OH is 1. The van der Waals surface area contributed by atoms with Gasteiger partial charge in [-0.1, -0.05) is 6.92 Å².